The molecule has 0 aromatic carbocycles. The molecule has 9 atom stereocenters. The Morgan fingerprint density at radius 3 is 2.33 bits per heavy atom. The first-order valence-electron chi connectivity index (χ1n) is 20.3. The van der Waals surface area contributed by atoms with Crippen LogP contribution in [0.15, 0.2) is 36.0 Å². The van der Waals surface area contributed by atoms with Crippen LogP contribution in [0.2, 0.25) is 0 Å². The highest BCUT2D eigenvalue weighted by molar-refractivity contribution is 7.96. The van der Waals surface area contributed by atoms with Gasteiger partial charge in [-0.2, -0.15) is 0 Å². The number of hydrogen-bond donors (Lipinski definition) is 2. The molecule has 7 unspecified atom stereocenters. The molecule has 49 heavy (non-hydrogen) atoms. The molecule has 5 fully saturated rings. The Bertz CT molecular complexity index is 1290. The molecule has 0 radical (unpaired) electrons. The lowest BCUT2D eigenvalue weighted by Crippen LogP contribution is -2.67. The molecule has 1 heterocycles. The standard InChI is InChI=1S/C40H65N3O2S.C3H6/c1-36(2)30(28-9-11-29(12-10-28)35(44)45)15-18-37(3)33(36)16-19-39(5)34(37)14-13-31-32-8-7-17-40(32,21-20-38(31,39)4)41-22-23-42-24-26-43(46-6)27-25-42;1-3-2/h9,15,29,31-34,41H,7-8,10-14,16-27H2,1-6H3,(H,44,45);3H,1H2,2H3/t29?,31?,32-,33?,34?,37?,38-,39?,40?;/m1./s1. The molecule has 7 aliphatic rings. The SMILES string of the molecule is C=CC.CSN1CCN(CCNC23CCC[C@@H]2C2CCC4C5(C)CC=C(C6=CCC(C(=O)O)CC6)C(C)(C)C5CCC4(C)[C@]2(C)CC3)CC1. The molecule has 6 aliphatic carbocycles. The second kappa shape index (κ2) is 14.4. The molecule has 0 aromatic heterocycles. The van der Waals surface area contributed by atoms with Crippen LogP contribution in [-0.4, -0.2) is 71.3 Å². The Balaban J connectivity index is 0.00000134. The van der Waals surface area contributed by atoms with Crippen molar-refractivity contribution in [3.8, 4) is 0 Å². The molecule has 0 aromatic rings. The van der Waals surface area contributed by atoms with Gasteiger partial charge in [-0.3, -0.25) is 9.69 Å². The molecule has 276 valence electrons. The number of carbonyl (C=O) groups is 1. The van der Waals surface area contributed by atoms with Crippen molar-refractivity contribution >= 4 is 17.9 Å². The Hall–Kier alpha value is -1.08. The van der Waals surface area contributed by atoms with E-state index in [2.05, 4.69) is 74.1 Å². The molecule has 0 bridgehead atoms. The molecule has 6 heteroatoms. The quantitative estimate of drug-likeness (QED) is 0.205. The fourth-order valence-electron chi connectivity index (χ4n) is 13.9. The number of rotatable bonds is 7. The average molecular weight is 694 g/mol. The van der Waals surface area contributed by atoms with Crippen LogP contribution in [-0.2, 0) is 4.79 Å². The Labute approximate surface area is 304 Å². The molecule has 2 N–H and O–H groups in total. The van der Waals surface area contributed by atoms with Crippen LogP contribution < -0.4 is 5.32 Å². The van der Waals surface area contributed by atoms with Crippen LogP contribution in [0.4, 0.5) is 0 Å². The highest BCUT2D eigenvalue weighted by atomic mass is 32.2. The third kappa shape index (κ3) is 6.37. The van der Waals surface area contributed by atoms with E-state index in [0.717, 1.165) is 37.1 Å². The van der Waals surface area contributed by atoms with E-state index >= 15 is 0 Å². The summed E-state index contributed by atoms with van der Waals surface area (Å²) < 4.78 is 2.51. The fourth-order valence-corrected chi connectivity index (χ4v) is 14.5. The largest absolute Gasteiger partial charge is 0.481 e. The first kappa shape index (κ1) is 37.7. The fraction of sp³-hybridized carbons (Fsp3) is 0.837. The predicted octanol–water partition coefficient (Wildman–Crippen LogP) is 9.62. The zero-order chi connectivity index (χ0) is 35.2. The summed E-state index contributed by atoms with van der Waals surface area (Å²) in [6, 6.07) is 0. The van der Waals surface area contributed by atoms with Crippen LogP contribution >= 0.6 is 11.9 Å². The van der Waals surface area contributed by atoms with Crippen molar-refractivity contribution in [1.82, 2.24) is 14.5 Å². The predicted molar refractivity (Wildman–Crippen MR) is 208 cm³/mol. The Morgan fingerprint density at radius 1 is 0.939 bits per heavy atom. The number of nitrogens with zero attached hydrogens (tertiary/aromatic N) is 2. The van der Waals surface area contributed by atoms with Gasteiger partial charge in [-0.25, -0.2) is 4.31 Å². The number of hydrogen-bond acceptors (Lipinski definition) is 5. The molecule has 5 nitrogen and oxygen atoms in total. The van der Waals surface area contributed by atoms with Gasteiger partial charge in [-0.05, 0) is 147 Å². The van der Waals surface area contributed by atoms with Crippen molar-refractivity contribution in [2.24, 2.45) is 51.2 Å². The molecule has 1 saturated heterocycles. The monoisotopic (exact) mass is 694 g/mol. The molecular weight excluding hydrogens is 623 g/mol. The summed E-state index contributed by atoms with van der Waals surface area (Å²) in [5.74, 6) is 2.38. The van der Waals surface area contributed by atoms with Crippen molar-refractivity contribution in [3.63, 3.8) is 0 Å². The Morgan fingerprint density at radius 2 is 1.67 bits per heavy atom. The molecule has 4 saturated carbocycles. The molecule has 7 rings (SSSR count). The van der Waals surface area contributed by atoms with E-state index in [1.165, 1.54) is 103 Å². The second-order valence-electron chi connectivity index (χ2n) is 18.7. The first-order chi connectivity index (χ1) is 23.3. The number of fused-ring (bicyclic) bond motifs is 7. The van der Waals surface area contributed by atoms with E-state index in [4.69, 9.17) is 0 Å². The minimum atomic E-state index is -0.621. The lowest BCUT2D eigenvalue weighted by Gasteiger charge is -2.72. The van der Waals surface area contributed by atoms with Crippen LogP contribution in [0.3, 0.4) is 0 Å². The Kier molecular flexibility index (Phi) is 11.1. The number of carboxylic acid groups (broad SMARTS) is 1. The van der Waals surface area contributed by atoms with Gasteiger partial charge in [0, 0.05) is 44.8 Å². The lowest BCUT2D eigenvalue weighted by atomic mass is 9.33. The van der Waals surface area contributed by atoms with Gasteiger partial charge in [-0.1, -0.05) is 71.2 Å². The van der Waals surface area contributed by atoms with Crippen molar-refractivity contribution < 1.29 is 9.90 Å². The summed E-state index contributed by atoms with van der Waals surface area (Å²) in [7, 11) is 0. The van der Waals surface area contributed by atoms with Crippen molar-refractivity contribution in [1.29, 1.82) is 0 Å². The summed E-state index contributed by atoms with van der Waals surface area (Å²) in [4.78, 5) is 14.3. The third-order valence-corrected chi connectivity index (χ3v) is 17.4. The minimum Gasteiger partial charge on any atom is -0.481 e. The maximum absolute atomic E-state index is 11.6. The van der Waals surface area contributed by atoms with E-state index in [-0.39, 0.29) is 11.3 Å². The number of nitrogens with one attached hydrogen (secondary N) is 1. The number of allylic oxidation sites excluding steroid dienone is 5. The zero-order valence-electron chi connectivity index (χ0n) is 32.4. The van der Waals surface area contributed by atoms with E-state index in [1.807, 2.05) is 18.9 Å². The average Bonchev–Trinajstić information content (AvgIpc) is 3.50. The number of aliphatic carboxylic acids is 1. The minimum absolute atomic E-state index is 0.146. The van der Waals surface area contributed by atoms with Crippen molar-refractivity contribution in [3.05, 3.63) is 36.0 Å². The molecular formula is C43H71N3O2S. The van der Waals surface area contributed by atoms with E-state index < -0.39 is 5.97 Å². The lowest BCUT2D eigenvalue weighted by molar-refractivity contribution is -0.218. The van der Waals surface area contributed by atoms with Gasteiger partial charge in [0.1, 0.15) is 0 Å². The van der Waals surface area contributed by atoms with Crippen LogP contribution in [0.1, 0.15) is 125 Å². The smallest absolute Gasteiger partial charge is 0.306 e. The van der Waals surface area contributed by atoms with Crippen LogP contribution in [0.5, 0.6) is 0 Å². The van der Waals surface area contributed by atoms with Gasteiger partial charge in [0.15, 0.2) is 0 Å². The number of carboxylic acids is 1. The summed E-state index contributed by atoms with van der Waals surface area (Å²) in [6.45, 7) is 25.8. The van der Waals surface area contributed by atoms with Crippen LogP contribution in [0.25, 0.3) is 0 Å². The molecule has 0 amide bonds. The maximum atomic E-state index is 11.6. The highest BCUT2D eigenvalue weighted by Crippen LogP contribution is 2.76. The van der Waals surface area contributed by atoms with Crippen molar-refractivity contribution in [2.75, 3.05) is 45.5 Å². The van der Waals surface area contributed by atoms with E-state index in [0.29, 0.717) is 34.1 Å². The van der Waals surface area contributed by atoms with Crippen molar-refractivity contribution in [2.45, 2.75) is 131 Å². The zero-order valence-corrected chi connectivity index (χ0v) is 33.2. The van der Waals surface area contributed by atoms with Gasteiger partial charge < -0.3 is 10.4 Å². The van der Waals surface area contributed by atoms with Gasteiger partial charge in [-0.15, -0.1) is 6.58 Å². The molecule has 0 spiro atoms. The third-order valence-electron chi connectivity index (χ3n) is 16.5. The summed E-state index contributed by atoms with van der Waals surface area (Å²) in [5.41, 5.74) is 4.74. The van der Waals surface area contributed by atoms with E-state index in [1.54, 1.807) is 11.6 Å². The highest BCUT2D eigenvalue weighted by Gasteiger charge is 2.69. The second-order valence-corrected chi connectivity index (χ2v) is 19.6. The van der Waals surface area contributed by atoms with Gasteiger partial charge in [0.05, 0.1) is 5.92 Å². The van der Waals surface area contributed by atoms with Gasteiger partial charge in [0.2, 0.25) is 0 Å². The summed E-state index contributed by atoms with van der Waals surface area (Å²) >= 11 is 1.91. The normalized spacial score (nSPS) is 43.4. The van der Waals surface area contributed by atoms with Crippen LogP contribution in [0, 0.1) is 51.2 Å². The molecule has 1 aliphatic heterocycles. The number of piperazine rings is 1. The summed E-state index contributed by atoms with van der Waals surface area (Å²) in [6.07, 6.45) is 25.2. The van der Waals surface area contributed by atoms with E-state index in [9.17, 15) is 9.90 Å². The summed E-state index contributed by atoms with van der Waals surface area (Å²) in [5, 5.41) is 13.9. The maximum Gasteiger partial charge on any atom is 0.306 e. The first-order valence-corrected chi connectivity index (χ1v) is 21.4. The van der Waals surface area contributed by atoms with Gasteiger partial charge >= 0.3 is 5.97 Å². The van der Waals surface area contributed by atoms with Gasteiger partial charge in [0.25, 0.3) is 0 Å². The topological polar surface area (TPSA) is 55.8 Å².